The van der Waals surface area contributed by atoms with E-state index in [1.807, 2.05) is 0 Å². The number of carbonyl (C=O) groups excluding carboxylic acids is 1. The highest BCUT2D eigenvalue weighted by atomic mass is 19.1. The van der Waals surface area contributed by atoms with E-state index in [0.29, 0.717) is 12.6 Å². The fraction of sp³-hybridized carbons (Fsp3) is 0.462. The van der Waals surface area contributed by atoms with E-state index in [9.17, 15) is 19.3 Å². The van der Waals surface area contributed by atoms with Gasteiger partial charge in [0.1, 0.15) is 5.82 Å². The smallest absolute Gasteiger partial charge is 0.272 e. The van der Waals surface area contributed by atoms with Gasteiger partial charge in [0, 0.05) is 18.7 Å². The van der Waals surface area contributed by atoms with Crippen LogP contribution in [0.2, 0.25) is 0 Å². The van der Waals surface area contributed by atoms with Crippen molar-refractivity contribution in [1.82, 2.24) is 10.6 Å². The van der Waals surface area contributed by atoms with Crippen molar-refractivity contribution in [3.8, 4) is 0 Å². The Kier molecular flexibility index (Phi) is 4.62. The van der Waals surface area contributed by atoms with Crippen molar-refractivity contribution in [2.45, 2.75) is 25.3 Å². The lowest BCUT2D eigenvalue weighted by Gasteiger charge is -2.11. The molecule has 6 nitrogen and oxygen atoms in total. The van der Waals surface area contributed by atoms with E-state index in [1.165, 1.54) is 0 Å². The maximum Gasteiger partial charge on any atom is 0.272 e. The fourth-order valence-corrected chi connectivity index (χ4v) is 2.26. The average molecular weight is 281 g/mol. The van der Waals surface area contributed by atoms with Crippen LogP contribution in [0.25, 0.3) is 0 Å². The number of rotatable bonds is 5. The summed E-state index contributed by atoms with van der Waals surface area (Å²) in [6.07, 6.45) is 3.01. The van der Waals surface area contributed by atoms with Crippen LogP contribution in [0.1, 0.15) is 29.6 Å². The molecule has 0 aliphatic carbocycles. The number of nitro groups is 1. The lowest BCUT2D eigenvalue weighted by atomic mass is 10.1. The Morgan fingerprint density at radius 2 is 2.35 bits per heavy atom. The summed E-state index contributed by atoms with van der Waals surface area (Å²) in [5.74, 6) is -1.42. The van der Waals surface area contributed by atoms with Crippen LogP contribution in [0.3, 0.4) is 0 Å². The fourth-order valence-electron chi connectivity index (χ4n) is 2.26. The van der Waals surface area contributed by atoms with E-state index in [2.05, 4.69) is 10.6 Å². The summed E-state index contributed by atoms with van der Waals surface area (Å²) in [5, 5.41) is 16.4. The number of nitrogens with zero attached hydrogens (tertiary/aromatic N) is 1. The predicted octanol–water partition coefficient (Wildman–Crippen LogP) is 1.61. The van der Waals surface area contributed by atoms with Crippen LogP contribution in [0.5, 0.6) is 0 Å². The van der Waals surface area contributed by atoms with Gasteiger partial charge < -0.3 is 10.6 Å². The van der Waals surface area contributed by atoms with Gasteiger partial charge in [-0.05, 0) is 31.9 Å². The molecule has 1 fully saturated rings. The summed E-state index contributed by atoms with van der Waals surface area (Å²) in [5.41, 5.74) is -0.538. The first-order valence-corrected chi connectivity index (χ1v) is 6.53. The van der Waals surface area contributed by atoms with Crippen LogP contribution >= 0.6 is 0 Å². The summed E-state index contributed by atoms with van der Waals surface area (Å²) in [4.78, 5) is 21.6. The third-order valence-electron chi connectivity index (χ3n) is 3.35. The lowest BCUT2D eigenvalue weighted by Crippen LogP contribution is -2.31. The van der Waals surface area contributed by atoms with E-state index < -0.39 is 16.6 Å². The molecule has 1 aromatic carbocycles. The number of amides is 1. The predicted molar refractivity (Wildman–Crippen MR) is 71.0 cm³/mol. The molecule has 2 N–H and O–H groups in total. The van der Waals surface area contributed by atoms with Gasteiger partial charge in [0.05, 0.1) is 16.6 Å². The van der Waals surface area contributed by atoms with E-state index >= 15 is 0 Å². The van der Waals surface area contributed by atoms with Gasteiger partial charge in [0.15, 0.2) is 0 Å². The summed E-state index contributed by atoms with van der Waals surface area (Å²) in [6.45, 7) is 1.45. The minimum atomic E-state index is -0.879. The molecule has 1 aromatic rings. The number of nitrogens with one attached hydrogen (secondary N) is 2. The quantitative estimate of drug-likeness (QED) is 0.634. The number of halogens is 1. The van der Waals surface area contributed by atoms with Crippen LogP contribution < -0.4 is 10.6 Å². The number of hydrogen-bond acceptors (Lipinski definition) is 4. The van der Waals surface area contributed by atoms with Crippen molar-refractivity contribution in [1.29, 1.82) is 0 Å². The standard InChI is InChI=1S/C13H16FN3O3/c14-12-8-10(17(19)20)3-4-11(12)13(18)16-7-5-9-2-1-6-15-9/h3-4,8-9,15H,1-2,5-7H2,(H,16,18). The zero-order valence-corrected chi connectivity index (χ0v) is 10.9. The molecule has 1 aliphatic heterocycles. The maximum absolute atomic E-state index is 13.6. The molecule has 1 saturated heterocycles. The van der Waals surface area contributed by atoms with Crippen molar-refractivity contribution < 1.29 is 14.1 Å². The van der Waals surface area contributed by atoms with Gasteiger partial charge in [-0.25, -0.2) is 4.39 Å². The van der Waals surface area contributed by atoms with E-state index in [4.69, 9.17) is 0 Å². The molecular formula is C13H16FN3O3. The van der Waals surface area contributed by atoms with Crippen LogP contribution in [-0.2, 0) is 0 Å². The molecule has 0 radical (unpaired) electrons. The Morgan fingerprint density at radius 1 is 1.55 bits per heavy atom. The van der Waals surface area contributed by atoms with Crippen LogP contribution in [-0.4, -0.2) is 30.0 Å². The van der Waals surface area contributed by atoms with Crippen molar-refractivity contribution in [2.24, 2.45) is 0 Å². The molecule has 20 heavy (non-hydrogen) atoms. The maximum atomic E-state index is 13.6. The summed E-state index contributed by atoms with van der Waals surface area (Å²) in [6, 6.07) is 3.41. The molecule has 1 aliphatic rings. The minimum Gasteiger partial charge on any atom is -0.352 e. The average Bonchev–Trinajstić information content (AvgIpc) is 2.91. The normalized spacial score (nSPS) is 17.9. The summed E-state index contributed by atoms with van der Waals surface area (Å²) >= 11 is 0. The molecular weight excluding hydrogens is 265 g/mol. The molecule has 1 heterocycles. The highest BCUT2D eigenvalue weighted by molar-refractivity contribution is 5.94. The van der Waals surface area contributed by atoms with E-state index in [0.717, 1.165) is 44.0 Å². The number of hydrogen-bond donors (Lipinski definition) is 2. The van der Waals surface area contributed by atoms with Crippen molar-refractivity contribution in [3.05, 3.63) is 39.7 Å². The van der Waals surface area contributed by atoms with Crippen LogP contribution in [0.15, 0.2) is 18.2 Å². The zero-order valence-electron chi connectivity index (χ0n) is 10.9. The first kappa shape index (κ1) is 14.4. The Morgan fingerprint density at radius 3 is 2.95 bits per heavy atom. The molecule has 7 heteroatoms. The third kappa shape index (κ3) is 3.51. The highest BCUT2D eigenvalue weighted by Gasteiger charge is 2.17. The minimum absolute atomic E-state index is 0.171. The van der Waals surface area contributed by atoms with Crippen LogP contribution in [0.4, 0.5) is 10.1 Å². The summed E-state index contributed by atoms with van der Waals surface area (Å²) in [7, 11) is 0. The number of benzene rings is 1. The SMILES string of the molecule is O=C(NCCC1CCCN1)c1ccc([N+](=O)[O-])cc1F. The van der Waals surface area contributed by atoms with Gasteiger partial charge in [-0.15, -0.1) is 0 Å². The second-order valence-corrected chi connectivity index (χ2v) is 4.76. The van der Waals surface area contributed by atoms with Gasteiger partial charge >= 0.3 is 0 Å². The molecule has 108 valence electrons. The van der Waals surface area contributed by atoms with Gasteiger partial charge in [0.25, 0.3) is 11.6 Å². The lowest BCUT2D eigenvalue weighted by molar-refractivity contribution is -0.385. The number of non-ortho nitro benzene ring substituents is 1. The monoisotopic (exact) mass is 281 g/mol. The molecule has 0 bridgehead atoms. The molecule has 1 unspecified atom stereocenters. The van der Waals surface area contributed by atoms with Crippen molar-refractivity contribution in [2.75, 3.05) is 13.1 Å². The number of carbonyl (C=O) groups is 1. The van der Waals surface area contributed by atoms with Gasteiger partial charge in [-0.3, -0.25) is 14.9 Å². The summed E-state index contributed by atoms with van der Waals surface area (Å²) < 4.78 is 13.6. The van der Waals surface area contributed by atoms with Crippen molar-refractivity contribution >= 4 is 11.6 Å². The number of nitro benzene ring substituents is 1. The largest absolute Gasteiger partial charge is 0.352 e. The third-order valence-corrected chi connectivity index (χ3v) is 3.35. The Labute approximate surface area is 115 Å². The Balaban J connectivity index is 1.89. The second-order valence-electron chi connectivity index (χ2n) is 4.76. The molecule has 2 rings (SSSR count). The Bertz CT molecular complexity index is 516. The van der Waals surface area contributed by atoms with E-state index in [-0.39, 0.29) is 11.3 Å². The van der Waals surface area contributed by atoms with Gasteiger partial charge in [0.2, 0.25) is 0 Å². The Hall–Kier alpha value is -2.02. The van der Waals surface area contributed by atoms with E-state index in [1.54, 1.807) is 0 Å². The molecule has 1 amide bonds. The zero-order chi connectivity index (χ0) is 14.5. The van der Waals surface area contributed by atoms with Crippen LogP contribution in [0, 0.1) is 15.9 Å². The molecule has 0 saturated carbocycles. The highest BCUT2D eigenvalue weighted by Crippen LogP contribution is 2.16. The first-order chi connectivity index (χ1) is 9.58. The molecule has 0 spiro atoms. The molecule has 0 aromatic heterocycles. The molecule has 1 atom stereocenters. The second kappa shape index (κ2) is 6.42. The first-order valence-electron chi connectivity index (χ1n) is 6.53. The van der Waals surface area contributed by atoms with Gasteiger partial charge in [-0.2, -0.15) is 0 Å². The topological polar surface area (TPSA) is 84.3 Å². The van der Waals surface area contributed by atoms with Crippen molar-refractivity contribution in [3.63, 3.8) is 0 Å². The van der Waals surface area contributed by atoms with Gasteiger partial charge in [-0.1, -0.05) is 0 Å².